The quantitative estimate of drug-likeness (QED) is 0.274. The number of hydrogen-bond acceptors (Lipinski definition) is 2. The third-order valence-electron chi connectivity index (χ3n) is 1.86. The molecule has 0 aromatic heterocycles. The normalized spacial score (nSPS) is 10.8. The molecule has 0 aliphatic carbocycles. The maximum atomic E-state index is 10.9. The van der Waals surface area contributed by atoms with Crippen LogP contribution in [0.25, 0.3) is 0 Å². The van der Waals surface area contributed by atoms with Crippen molar-refractivity contribution in [3.8, 4) is 0 Å². The summed E-state index contributed by atoms with van der Waals surface area (Å²) in [6, 6.07) is 5.24. The van der Waals surface area contributed by atoms with E-state index in [0.717, 1.165) is 11.1 Å². The predicted molar refractivity (Wildman–Crippen MR) is 43.4 cm³/mol. The van der Waals surface area contributed by atoms with Gasteiger partial charge in [0.1, 0.15) is 0 Å². The van der Waals surface area contributed by atoms with Crippen molar-refractivity contribution >= 4 is 5.69 Å². The Balaban J connectivity index is 0.00000144. The first-order chi connectivity index (χ1) is 5.66. The van der Waals surface area contributed by atoms with E-state index in [1.165, 1.54) is 0 Å². The van der Waals surface area contributed by atoms with Crippen LogP contribution in [0.4, 0.5) is 5.69 Å². The van der Waals surface area contributed by atoms with Gasteiger partial charge in [-0.25, -0.2) is 0 Å². The minimum atomic E-state index is 0. The van der Waals surface area contributed by atoms with Gasteiger partial charge in [-0.1, -0.05) is 12.1 Å². The molecule has 0 aliphatic heterocycles. The van der Waals surface area contributed by atoms with Gasteiger partial charge in [-0.2, -0.15) is 0 Å². The Labute approximate surface area is 98.7 Å². The van der Waals surface area contributed by atoms with Gasteiger partial charge >= 0.3 is 29.6 Å². The van der Waals surface area contributed by atoms with Crippen molar-refractivity contribution in [1.29, 1.82) is 0 Å². The molecule has 0 aliphatic rings. The summed E-state index contributed by atoms with van der Waals surface area (Å²) in [6.07, 6.45) is 0. The molecule has 0 spiro atoms. The third-order valence-corrected chi connectivity index (χ3v) is 1.86. The molecule has 13 heavy (non-hydrogen) atoms. The van der Waals surface area contributed by atoms with Gasteiger partial charge in [0, 0.05) is 11.6 Å². The Morgan fingerprint density at radius 3 is 2.54 bits per heavy atom. The second-order valence-electron chi connectivity index (χ2n) is 2.58. The summed E-state index contributed by atoms with van der Waals surface area (Å²) in [5.74, 6) is 0. The predicted octanol–water partition coefficient (Wildman–Crippen LogP) is -0.709. The topological polar surface area (TPSA) is 58.7 Å². The van der Waals surface area contributed by atoms with Gasteiger partial charge in [-0.3, -0.25) is 0 Å². The van der Waals surface area contributed by atoms with Crippen molar-refractivity contribution in [2.45, 2.75) is 13.8 Å². The summed E-state index contributed by atoms with van der Waals surface area (Å²) in [5.41, 5.74) is 2.19. The Morgan fingerprint density at radius 2 is 2.00 bits per heavy atom. The zero-order valence-electron chi connectivity index (χ0n) is 7.98. The van der Waals surface area contributed by atoms with Crippen LogP contribution in [0.5, 0.6) is 0 Å². The molecule has 1 rings (SSSR count). The molecule has 0 unspecified atom stereocenters. The second-order valence-corrected chi connectivity index (χ2v) is 2.58. The fourth-order valence-corrected chi connectivity index (χ4v) is 0.991. The van der Waals surface area contributed by atoms with Crippen LogP contribution in [0, 0.1) is 19.1 Å². The SMILES string of the molecule is Cc1cccc([N+]([O-])=NO)c1C.[Na+]. The minimum Gasteiger partial charge on any atom is -0.592 e. The first kappa shape index (κ1) is 12.4. The van der Waals surface area contributed by atoms with Crippen molar-refractivity contribution in [3.63, 3.8) is 0 Å². The second kappa shape index (κ2) is 5.21. The molecule has 1 aromatic carbocycles. The number of hydrogen-bond donors (Lipinski definition) is 1. The maximum absolute atomic E-state index is 10.9. The van der Waals surface area contributed by atoms with Crippen molar-refractivity contribution in [2.75, 3.05) is 0 Å². The molecule has 1 N–H and O–H groups in total. The largest absolute Gasteiger partial charge is 1.00 e. The zero-order valence-corrected chi connectivity index (χ0v) is 9.98. The van der Waals surface area contributed by atoms with Crippen LogP contribution in [0.15, 0.2) is 23.5 Å². The van der Waals surface area contributed by atoms with Gasteiger partial charge in [0.05, 0.1) is 0 Å². The molecule has 0 heterocycles. The van der Waals surface area contributed by atoms with E-state index < -0.39 is 0 Å². The molecule has 0 fully saturated rings. The summed E-state index contributed by atoms with van der Waals surface area (Å²) in [7, 11) is 0. The fourth-order valence-electron chi connectivity index (χ4n) is 0.991. The van der Waals surface area contributed by atoms with E-state index in [1.807, 2.05) is 13.0 Å². The molecule has 0 saturated carbocycles. The Bertz CT molecular complexity index is 326. The minimum absolute atomic E-state index is 0. The van der Waals surface area contributed by atoms with Gasteiger partial charge in [-0.15, -0.1) is 0 Å². The summed E-state index contributed by atoms with van der Waals surface area (Å²) < 4.78 is 0. The van der Waals surface area contributed by atoms with Gasteiger partial charge in [0.25, 0.3) is 5.69 Å². The number of benzene rings is 1. The van der Waals surface area contributed by atoms with Crippen LogP contribution in [0.2, 0.25) is 0 Å². The van der Waals surface area contributed by atoms with Gasteiger partial charge < -0.3 is 10.4 Å². The van der Waals surface area contributed by atoms with E-state index in [0.29, 0.717) is 5.69 Å². The van der Waals surface area contributed by atoms with E-state index in [4.69, 9.17) is 5.21 Å². The summed E-state index contributed by atoms with van der Waals surface area (Å²) in [4.78, 5) is 0.197. The van der Waals surface area contributed by atoms with Crippen LogP contribution in [-0.4, -0.2) is 10.1 Å². The number of nitrogens with zero attached hydrogens (tertiary/aromatic N) is 2. The fraction of sp³-hybridized carbons (Fsp3) is 0.250. The Morgan fingerprint density at radius 1 is 1.38 bits per heavy atom. The van der Waals surface area contributed by atoms with E-state index in [1.54, 1.807) is 19.1 Å². The molecular formula is C8H10N2NaO2+. The van der Waals surface area contributed by atoms with Crippen LogP contribution >= 0.6 is 0 Å². The Kier molecular flexibility index (Phi) is 4.98. The molecule has 64 valence electrons. The molecular weight excluding hydrogens is 179 g/mol. The molecule has 0 amide bonds. The molecule has 0 atom stereocenters. The average molecular weight is 189 g/mol. The van der Waals surface area contributed by atoms with Crippen LogP contribution in [0.1, 0.15) is 11.1 Å². The van der Waals surface area contributed by atoms with E-state index >= 15 is 0 Å². The smallest absolute Gasteiger partial charge is 0.592 e. The zero-order chi connectivity index (χ0) is 9.14. The summed E-state index contributed by atoms with van der Waals surface area (Å²) >= 11 is 0. The van der Waals surface area contributed by atoms with Crippen molar-refractivity contribution < 1.29 is 39.6 Å². The summed E-state index contributed by atoms with van der Waals surface area (Å²) in [6.45, 7) is 3.70. The van der Waals surface area contributed by atoms with E-state index in [2.05, 4.69) is 5.28 Å². The third kappa shape index (κ3) is 2.69. The van der Waals surface area contributed by atoms with Gasteiger partial charge in [-0.05, 0) is 24.3 Å². The van der Waals surface area contributed by atoms with Crippen molar-refractivity contribution in [2.24, 2.45) is 5.28 Å². The monoisotopic (exact) mass is 189 g/mol. The van der Waals surface area contributed by atoms with E-state index in [-0.39, 0.29) is 34.4 Å². The van der Waals surface area contributed by atoms with Crippen LogP contribution < -0.4 is 29.6 Å². The first-order valence-electron chi connectivity index (χ1n) is 3.55. The van der Waals surface area contributed by atoms with Gasteiger partial charge in [0.2, 0.25) is 5.28 Å². The molecule has 1 aromatic rings. The average Bonchev–Trinajstić information content (AvgIpc) is 2.08. The molecule has 5 heteroatoms. The van der Waals surface area contributed by atoms with Gasteiger partial charge in [0.15, 0.2) is 0 Å². The van der Waals surface area contributed by atoms with Crippen molar-refractivity contribution in [3.05, 3.63) is 34.5 Å². The standard InChI is InChI=1S/C8H10N2O2.Na/c1-6-4-3-5-8(7(6)2)10(12)9-11;/h3-5,11H,1-2H3;/q;+1. The first-order valence-corrected chi connectivity index (χ1v) is 3.55. The van der Waals surface area contributed by atoms with Crippen molar-refractivity contribution in [1.82, 2.24) is 0 Å². The Hall–Kier alpha value is -0.580. The number of aryl methyl sites for hydroxylation is 1. The maximum Gasteiger partial charge on any atom is 1.00 e. The number of rotatable bonds is 1. The van der Waals surface area contributed by atoms with Crippen LogP contribution in [0.3, 0.4) is 0 Å². The van der Waals surface area contributed by atoms with Crippen LogP contribution in [-0.2, 0) is 0 Å². The molecule has 0 bridgehead atoms. The molecule has 0 radical (unpaired) electrons. The van der Waals surface area contributed by atoms with E-state index in [9.17, 15) is 5.21 Å². The summed E-state index contributed by atoms with van der Waals surface area (Å²) in [5, 5.41) is 21.7. The molecule has 4 nitrogen and oxygen atoms in total. The molecule has 0 saturated heterocycles.